The fourth-order valence-electron chi connectivity index (χ4n) is 3.36. The number of nitro benzene ring substituents is 1. The van der Waals surface area contributed by atoms with Gasteiger partial charge in [-0.25, -0.2) is 0 Å². The van der Waals surface area contributed by atoms with Crippen molar-refractivity contribution in [2.75, 3.05) is 0 Å². The van der Waals surface area contributed by atoms with Crippen LogP contribution in [0.15, 0.2) is 90.1 Å². The summed E-state index contributed by atoms with van der Waals surface area (Å²) in [5.41, 5.74) is 2.90. The van der Waals surface area contributed by atoms with E-state index in [0.29, 0.717) is 11.3 Å². The zero-order chi connectivity index (χ0) is 23.0. The minimum Gasteiger partial charge on any atom is -0.488 e. The average Bonchev–Trinajstić information content (AvgIpc) is 2.86. The lowest BCUT2D eigenvalue weighted by atomic mass is 10.0. The van der Waals surface area contributed by atoms with Gasteiger partial charge >= 0.3 is 0 Å². The first-order valence-corrected chi connectivity index (χ1v) is 10.2. The predicted molar refractivity (Wildman–Crippen MR) is 125 cm³/mol. The minimum absolute atomic E-state index is 0.0346. The Kier molecular flexibility index (Phi) is 6.57. The Labute approximate surface area is 190 Å². The van der Waals surface area contributed by atoms with Crippen molar-refractivity contribution < 1.29 is 14.5 Å². The third kappa shape index (κ3) is 5.14. The van der Waals surface area contributed by atoms with E-state index in [9.17, 15) is 15.4 Å². The van der Waals surface area contributed by atoms with Gasteiger partial charge in [0.15, 0.2) is 0 Å². The van der Waals surface area contributed by atoms with E-state index in [1.54, 1.807) is 30.5 Å². The molecule has 0 saturated carbocycles. The number of non-ortho nitro benzene ring substituents is 1. The largest absolute Gasteiger partial charge is 0.488 e. The second-order valence-electron chi connectivity index (χ2n) is 7.19. The lowest BCUT2D eigenvalue weighted by Gasteiger charge is -2.12. The van der Waals surface area contributed by atoms with Gasteiger partial charge in [-0.15, -0.1) is 0 Å². The molecule has 0 heterocycles. The fourth-order valence-corrected chi connectivity index (χ4v) is 3.36. The highest BCUT2D eigenvalue weighted by Gasteiger charge is 2.09. The molecule has 33 heavy (non-hydrogen) atoms. The number of hydrogen-bond acceptors (Lipinski definition) is 6. The first kappa shape index (κ1) is 21.5. The SMILES string of the molecule is N#Cc1ccccc1CO/N=C\c1c(OCc2ccc([N+](=O)[O-])cc2)ccc2ccccc12. The minimum atomic E-state index is -0.433. The van der Waals surface area contributed by atoms with E-state index < -0.39 is 4.92 Å². The zero-order valence-electron chi connectivity index (χ0n) is 17.5. The van der Waals surface area contributed by atoms with Crippen molar-refractivity contribution in [2.24, 2.45) is 5.16 Å². The van der Waals surface area contributed by atoms with Crippen molar-refractivity contribution in [3.8, 4) is 11.8 Å². The molecular formula is C26H19N3O4. The van der Waals surface area contributed by atoms with Crippen molar-refractivity contribution in [1.29, 1.82) is 5.26 Å². The summed E-state index contributed by atoms with van der Waals surface area (Å²) < 4.78 is 6.02. The van der Waals surface area contributed by atoms with Gasteiger partial charge in [-0.1, -0.05) is 53.7 Å². The normalized spacial score (nSPS) is 10.8. The third-order valence-electron chi connectivity index (χ3n) is 5.09. The first-order valence-electron chi connectivity index (χ1n) is 10.2. The Morgan fingerprint density at radius 2 is 1.70 bits per heavy atom. The summed E-state index contributed by atoms with van der Waals surface area (Å²) in [6.07, 6.45) is 1.60. The molecule has 0 amide bonds. The molecule has 0 fully saturated rings. The summed E-state index contributed by atoms with van der Waals surface area (Å²) in [6.45, 7) is 0.414. The molecule has 7 heteroatoms. The molecule has 4 aromatic carbocycles. The van der Waals surface area contributed by atoms with Gasteiger partial charge in [-0.05, 0) is 40.6 Å². The molecule has 4 rings (SSSR count). The quantitative estimate of drug-likeness (QED) is 0.199. The Morgan fingerprint density at radius 1 is 0.939 bits per heavy atom. The van der Waals surface area contributed by atoms with Crippen LogP contribution in [0.3, 0.4) is 0 Å². The number of nitrogens with zero attached hydrogens (tertiary/aromatic N) is 3. The Balaban J connectivity index is 1.54. The van der Waals surface area contributed by atoms with Gasteiger partial charge in [0.05, 0.1) is 22.8 Å². The van der Waals surface area contributed by atoms with Crippen LogP contribution in [-0.2, 0) is 18.1 Å². The van der Waals surface area contributed by atoms with Gasteiger partial charge in [0.1, 0.15) is 19.0 Å². The Morgan fingerprint density at radius 3 is 2.48 bits per heavy atom. The number of oxime groups is 1. The molecule has 0 aliphatic carbocycles. The molecule has 0 unspecified atom stereocenters. The fraction of sp³-hybridized carbons (Fsp3) is 0.0769. The molecule has 0 aliphatic heterocycles. The predicted octanol–water partition coefficient (Wildman–Crippen LogP) is 5.75. The number of fused-ring (bicyclic) bond motifs is 1. The summed E-state index contributed by atoms with van der Waals surface area (Å²) in [5, 5.41) is 26.1. The van der Waals surface area contributed by atoms with E-state index in [0.717, 1.165) is 27.5 Å². The van der Waals surface area contributed by atoms with Gasteiger partial charge in [-0.3, -0.25) is 10.1 Å². The van der Waals surface area contributed by atoms with Crippen LogP contribution >= 0.6 is 0 Å². The van der Waals surface area contributed by atoms with Crippen molar-refractivity contribution in [3.63, 3.8) is 0 Å². The van der Waals surface area contributed by atoms with Gasteiger partial charge in [0.2, 0.25) is 0 Å². The summed E-state index contributed by atoms with van der Waals surface area (Å²) in [7, 11) is 0. The van der Waals surface area contributed by atoms with Crippen LogP contribution in [0, 0.1) is 21.4 Å². The number of nitro groups is 1. The molecule has 0 spiro atoms. The molecule has 0 atom stereocenters. The standard InChI is InChI=1S/C26H19N3O4/c27-15-21-6-1-2-7-22(21)18-33-28-16-25-24-8-4-3-5-20(24)11-14-26(25)32-17-19-9-12-23(13-10-19)29(30)31/h1-14,16H,17-18H2/b28-16-. The second-order valence-corrected chi connectivity index (χ2v) is 7.19. The molecule has 0 radical (unpaired) electrons. The van der Waals surface area contributed by atoms with E-state index in [1.807, 2.05) is 48.5 Å². The van der Waals surface area contributed by atoms with Gasteiger partial charge < -0.3 is 9.57 Å². The van der Waals surface area contributed by atoms with Crippen LogP contribution in [-0.4, -0.2) is 11.1 Å². The van der Waals surface area contributed by atoms with Crippen LogP contribution < -0.4 is 4.74 Å². The van der Waals surface area contributed by atoms with E-state index in [4.69, 9.17) is 9.57 Å². The maximum Gasteiger partial charge on any atom is 0.269 e. The van der Waals surface area contributed by atoms with Crippen LogP contribution in [0.5, 0.6) is 5.75 Å². The summed E-state index contributed by atoms with van der Waals surface area (Å²) in [6, 6.07) is 27.3. The van der Waals surface area contributed by atoms with Crippen molar-refractivity contribution in [1.82, 2.24) is 0 Å². The van der Waals surface area contributed by atoms with E-state index in [2.05, 4.69) is 11.2 Å². The van der Waals surface area contributed by atoms with E-state index in [-0.39, 0.29) is 18.9 Å². The van der Waals surface area contributed by atoms with E-state index >= 15 is 0 Å². The number of hydrogen-bond donors (Lipinski definition) is 0. The molecule has 0 aliphatic rings. The molecular weight excluding hydrogens is 418 g/mol. The monoisotopic (exact) mass is 437 g/mol. The maximum absolute atomic E-state index is 10.8. The number of nitriles is 1. The second kappa shape index (κ2) is 10.1. The number of rotatable bonds is 8. The van der Waals surface area contributed by atoms with Crippen molar-refractivity contribution in [2.45, 2.75) is 13.2 Å². The van der Waals surface area contributed by atoms with Crippen LogP contribution in [0.2, 0.25) is 0 Å². The van der Waals surface area contributed by atoms with Gasteiger partial charge in [0, 0.05) is 23.3 Å². The molecule has 0 aromatic heterocycles. The maximum atomic E-state index is 10.8. The van der Waals surface area contributed by atoms with Crippen LogP contribution in [0.1, 0.15) is 22.3 Å². The van der Waals surface area contributed by atoms with Crippen molar-refractivity contribution in [3.05, 3.63) is 117 Å². The zero-order valence-corrected chi connectivity index (χ0v) is 17.5. The summed E-state index contributed by atoms with van der Waals surface area (Å²) in [5.74, 6) is 0.608. The molecule has 7 nitrogen and oxygen atoms in total. The van der Waals surface area contributed by atoms with Gasteiger partial charge in [-0.2, -0.15) is 5.26 Å². The van der Waals surface area contributed by atoms with E-state index in [1.165, 1.54) is 12.1 Å². The topological polar surface area (TPSA) is 97.8 Å². The first-order chi connectivity index (χ1) is 16.2. The smallest absolute Gasteiger partial charge is 0.269 e. The number of benzene rings is 4. The molecule has 0 bridgehead atoms. The van der Waals surface area contributed by atoms with Crippen molar-refractivity contribution >= 4 is 22.7 Å². The van der Waals surface area contributed by atoms with Crippen LogP contribution in [0.25, 0.3) is 10.8 Å². The highest BCUT2D eigenvalue weighted by Crippen LogP contribution is 2.28. The summed E-state index contributed by atoms with van der Waals surface area (Å²) in [4.78, 5) is 15.9. The highest BCUT2D eigenvalue weighted by atomic mass is 16.6. The molecule has 0 saturated heterocycles. The van der Waals surface area contributed by atoms with Gasteiger partial charge in [0.25, 0.3) is 5.69 Å². The third-order valence-corrected chi connectivity index (χ3v) is 5.09. The Bertz CT molecular complexity index is 1360. The molecule has 0 N–H and O–H groups in total. The highest BCUT2D eigenvalue weighted by molar-refractivity contribution is 6.02. The van der Waals surface area contributed by atoms with Crippen LogP contribution in [0.4, 0.5) is 5.69 Å². The lowest BCUT2D eigenvalue weighted by Crippen LogP contribution is -2.00. The average molecular weight is 437 g/mol. The number of ether oxygens (including phenoxy) is 1. The summed E-state index contributed by atoms with van der Waals surface area (Å²) >= 11 is 0. The lowest BCUT2D eigenvalue weighted by molar-refractivity contribution is -0.384. The molecule has 162 valence electrons. The molecule has 4 aromatic rings. The Hall–Kier alpha value is -4.70.